The van der Waals surface area contributed by atoms with E-state index in [9.17, 15) is 19.1 Å². The highest BCUT2D eigenvalue weighted by Gasteiger charge is 2.73. The summed E-state index contributed by atoms with van der Waals surface area (Å²) in [5.74, 6) is -1.24. The van der Waals surface area contributed by atoms with Crippen molar-refractivity contribution in [2.75, 3.05) is 6.61 Å². The van der Waals surface area contributed by atoms with Crippen molar-refractivity contribution in [1.82, 2.24) is 5.32 Å². The number of hydrogen-bond acceptors (Lipinski definition) is 3. The third kappa shape index (κ3) is 2.44. The zero-order valence-corrected chi connectivity index (χ0v) is 15.2. The highest BCUT2D eigenvalue weighted by atomic mass is 19.1. The zero-order valence-electron chi connectivity index (χ0n) is 15.2. The Balaban J connectivity index is 1.29. The van der Waals surface area contributed by atoms with Crippen molar-refractivity contribution in [2.45, 2.75) is 36.9 Å². The van der Waals surface area contributed by atoms with Gasteiger partial charge >= 0.3 is 12.1 Å². The Labute approximate surface area is 161 Å². The lowest BCUT2D eigenvalue weighted by molar-refractivity contribution is -0.230. The average molecular weight is 381 g/mol. The number of rotatable bonds is 5. The Morgan fingerprint density at radius 2 is 1.61 bits per heavy atom. The molecule has 4 aliphatic carbocycles. The van der Waals surface area contributed by atoms with Crippen LogP contribution in [0.5, 0.6) is 0 Å². The van der Waals surface area contributed by atoms with Crippen molar-refractivity contribution in [3.63, 3.8) is 0 Å². The number of nitrogens with one attached hydrogen (secondary N) is 1. The topological polar surface area (TPSA) is 75.6 Å². The maximum Gasteiger partial charge on any atom is 0.407 e. The van der Waals surface area contributed by atoms with Crippen molar-refractivity contribution < 1.29 is 23.8 Å². The molecule has 144 valence electrons. The van der Waals surface area contributed by atoms with Gasteiger partial charge in [0.05, 0.1) is 0 Å². The van der Waals surface area contributed by atoms with Crippen LogP contribution in [0.3, 0.4) is 0 Å². The van der Waals surface area contributed by atoms with E-state index in [2.05, 4.69) is 5.32 Å². The van der Waals surface area contributed by atoms with Gasteiger partial charge in [-0.2, -0.15) is 0 Å². The summed E-state index contributed by atoms with van der Waals surface area (Å²) in [7, 11) is 0. The van der Waals surface area contributed by atoms with Crippen molar-refractivity contribution >= 4 is 12.1 Å². The first-order valence-corrected chi connectivity index (χ1v) is 9.44. The zero-order chi connectivity index (χ0) is 19.5. The minimum Gasteiger partial charge on any atom is -0.480 e. The SMILES string of the molecule is O=C(N[C@@H](C(=O)O)C12CC(F)(C1)C2)OCC1c2ccccc2-c2ccccc21. The standard InChI is InChI=1S/C22H20FNO4/c23-22-10-21(11-22,12-22)18(19(25)26)24-20(27)28-9-17-15-7-3-1-5-13(15)14-6-2-4-8-16(14)17/h1-8,17-18H,9-12H2,(H,24,27)(H,25,26)/t18-,21?,22?/m0/s1. The third-order valence-electron chi connectivity index (χ3n) is 6.47. The first-order valence-electron chi connectivity index (χ1n) is 9.44. The van der Waals surface area contributed by atoms with E-state index < -0.39 is 29.2 Å². The molecule has 1 atom stereocenters. The van der Waals surface area contributed by atoms with Gasteiger partial charge in [0.1, 0.15) is 18.3 Å². The highest BCUT2D eigenvalue weighted by Crippen LogP contribution is 2.71. The number of carbonyl (C=O) groups excluding carboxylic acids is 1. The molecular formula is C22H20FNO4. The lowest BCUT2D eigenvalue weighted by Gasteiger charge is -2.67. The van der Waals surface area contributed by atoms with Gasteiger partial charge in [-0.3, -0.25) is 0 Å². The molecule has 2 aromatic rings. The molecule has 3 saturated carbocycles. The lowest BCUT2D eigenvalue weighted by Crippen LogP contribution is -2.73. The predicted molar refractivity (Wildman–Crippen MR) is 99.8 cm³/mol. The summed E-state index contributed by atoms with van der Waals surface area (Å²) in [6, 6.07) is 14.9. The second-order valence-corrected chi connectivity index (χ2v) is 8.28. The van der Waals surface area contributed by atoms with Gasteiger partial charge in [-0.25, -0.2) is 14.0 Å². The summed E-state index contributed by atoms with van der Waals surface area (Å²) in [6.07, 6.45) is -0.186. The molecule has 1 amide bonds. The molecule has 5 nitrogen and oxygen atoms in total. The van der Waals surface area contributed by atoms with Crippen LogP contribution in [0.25, 0.3) is 11.1 Å². The summed E-state index contributed by atoms with van der Waals surface area (Å²) >= 11 is 0. The number of ether oxygens (including phenoxy) is 1. The molecular weight excluding hydrogens is 361 g/mol. The number of fused-ring (bicyclic) bond motifs is 3. The Kier molecular flexibility index (Phi) is 3.57. The van der Waals surface area contributed by atoms with E-state index in [0.717, 1.165) is 22.3 Å². The predicted octanol–water partition coefficient (Wildman–Crippen LogP) is 3.87. The van der Waals surface area contributed by atoms with Gasteiger partial charge in [0.2, 0.25) is 0 Å². The largest absolute Gasteiger partial charge is 0.480 e. The summed E-state index contributed by atoms with van der Waals surface area (Å²) in [5, 5.41) is 11.9. The van der Waals surface area contributed by atoms with Gasteiger partial charge in [-0.05, 0) is 41.5 Å². The van der Waals surface area contributed by atoms with Crippen LogP contribution in [0.1, 0.15) is 36.3 Å². The van der Waals surface area contributed by atoms with Crippen LogP contribution < -0.4 is 5.32 Å². The molecule has 2 N–H and O–H groups in total. The number of carboxylic acids is 1. The van der Waals surface area contributed by atoms with Crippen LogP contribution >= 0.6 is 0 Å². The molecule has 6 heteroatoms. The molecule has 2 aromatic carbocycles. The number of hydrogen-bond donors (Lipinski definition) is 2. The summed E-state index contributed by atoms with van der Waals surface area (Å²) < 4.78 is 19.2. The van der Waals surface area contributed by atoms with E-state index >= 15 is 0 Å². The lowest BCUT2D eigenvalue weighted by atomic mass is 9.40. The summed E-state index contributed by atoms with van der Waals surface area (Å²) in [5.41, 5.74) is 2.54. The molecule has 0 unspecified atom stereocenters. The number of carbonyl (C=O) groups is 2. The Morgan fingerprint density at radius 3 is 2.11 bits per heavy atom. The van der Waals surface area contributed by atoms with Crippen molar-refractivity contribution in [2.24, 2.45) is 5.41 Å². The minimum absolute atomic E-state index is 0.0921. The number of alkyl carbamates (subject to hydrolysis) is 1. The molecule has 0 radical (unpaired) electrons. The fourth-order valence-corrected chi connectivity index (χ4v) is 5.28. The number of benzene rings is 2. The fourth-order valence-electron chi connectivity index (χ4n) is 5.28. The molecule has 0 heterocycles. The van der Waals surface area contributed by atoms with Crippen LogP contribution in [0.15, 0.2) is 48.5 Å². The first-order chi connectivity index (χ1) is 13.4. The molecule has 2 bridgehead atoms. The maximum absolute atomic E-state index is 13.8. The van der Waals surface area contributed by atoms with Gasteiger partial charge in [0.25, 0.3) is 0 Å². The third-order valence-corrected chi connectivity index (χ3v) is 6.47. The van der Waals surface area contributed by atoms with Crippen LogP contribution in [0.4, 0.5) is 9.18 Å². The van der Waals surface area contributed by atoms with Gasteiger partial charge < -0.3 is 15.2 Å². The number of halogens is 1. The number of carboxylic acid groups (broad SMARTS) is 1. The molecule has 4 aliphatic rings. The number of aliphatic carboxylic acids is 1. The molecule has 0 saturated heterocycles. The molecule has 0 aromatic heterocycles. The van der Waals surface area contributed by atoms with Crippen molar-refractivity contribution in [1.29, 1.82) is 0 Å². The van der Waals surface area contributed by atoms with E-state index in [1.54, 1.807) is 0 Å². The summed E-state index contributed by atoms with van der Waals surface area (Å²) in [4.78, 5) is 23.9. The summed E-state index contributed by atoms with van der Waals surface area (Å²) in [6.45, 7) is 0.117. The van der Waals surface area contributed by atoms with E-state index in [1.165, 1.54) is 0 Å². The van der Waals surface area contributed by atoms with Crippen LogP contribution in [-0.4, -0.2) is 35.5 Å². The van der Waals surface area contributed by atoms with Crippen LogP contribution in [0, 0.1) is 5.41 Å². The molecule has 0 aliphatic heterocycles. The van der Waals surface area contributed by atoms with E-state index in [-0.39, 0.29) is 31.8 Å². The smallest absolute Gasteiger partial charge is 0.407 e. The van der Waals surface area contributed by atoms with E-state index in [1.807, 2.05) is 48.5 Å². The van der Waals surface area contributed by atoms with Crippen LogP contribution in [0.2, 0.25) is 0 Å². The fraction of sp³-hybridized carbons (Fsp3) is 0.364. The molecule has 3 fully saturated rings. The molecule has 0 spiro atoms. The Morgan fingerprint density at radius 1 is 1.07 bits per heavy atom. The van der Waals surface area contributed by atoms with Gasteiger partial charge in [0.15, 0.2) is 0 Å². The highest BCUT2D eigenvalue weighted by molar-refractivity contribution is 5.82. The van der Waals surface area contributed by atoms with E-state index in [4.69, 9.17) is 4.74 Å². The quantitative estimate of drug-likeness (QED) is 0.824. The first kappa shape index (κ1) is 17.2. The van der Waals surface area contributed by atoms with Gasteiger partial charge in [0, 0.05) is 11.3 Å². The van der Waals surface area contributed by atoms with Crippen LogP contribution in [-0.2, 0) is 9.53 Å². The van der Waals surface area contributed by atoms with E-state index in [0.29, 0.717) is 0 Å². The Bertz CT molecular complexity index is 923. The monoisotopic (exact) mass is 381 g/mol. The molecule has 28 heavy (non-hydrogen) atoms. The second-order valence-electron chi connectivity index (χ2n) is 8.28. The van der Waals surface area contributed by atoms with Crippen molar-refractivity contribution in [3.05, 3.63) is 59.7 Å². The van der Waals surface area contributed by atoms with Crippen molar-refractivity contribution in [3.8, 4) is 11.1 Å². The molecule has 6 rings (SSSR count). The van der Waals surface area contributed by atoms with Gasteiger partial charge in [-0.1, -0.05) is 48.5 Å². The average Bonchev–Trinajstić information content (AvgIpc) is 2.95. The minimum atomic E-state index is -1.23. The number of alkyl halides is 1. The van der Waals surface area contributed by atoms with Gasteiger partial charge in [-0.15, -0.1) is 0 Å². The Hall–Kier alpha value is -2.89. The number of amides is 1. The normalized spacial score (nSPS) is 27.6. The maximum atomic E-state index is 13.8. The second kappa shape index (κ2) is 5.80.